The van der Waals surface area contributed by atoms with Crippen LogP contribution in [-0.4, -0.2) is 26.1 Å². The van der Waals surface area contributed by atoms with Gasteiger partial charge in [0.15, 0.2) is 9.84 Å². The van der Waals surface area contributed by atoms with Crippen LogP contribution in [0.2, 0.25) is 5.02 Å². The molecule has 0 N–H and O–H groups in total. The fourth-order valence-electron chi connectivity index (χ4n) is 2.96. The van der Waals surface area contributed by atoms with Gasteiger partial charge in [0.05, 0.1) is 11.8 Å². The monoisotopic (exact) mass is 389 g/mol. The zero-order chi connectivity index (χ0) is 18.9. The Hall–Kier alpha value is -2.11. The van der Waals surface area contributed by atoms with Crippen molar-refractivity contribution in [1.82, 2.24) is 0 Å². The molecule has 0 aliphatic carbocycles. The molecule has 0 saturated heterocycles. The first-order valence-corrected chi connectivity index (χ1v) is 10.5. The van der Waals surface area contributed by atoms with Gasteiger partial charge in [-0.05, 0) is 47.9 Å². The van der Waals surface area contributed by atoms with E-state index in [-0.39, 0.29) is 11.7 Å². The number of anilines is 1. The van der Waals surface area contributed by atoms with Gasteiger partial charge in [-0.25, -0.2) is 8.42 Å². The Morgan fingerprint density at radius 1 is 1.15 bits per heavy atom. The van der Waals surface area contributed by atoms with Crippen LogP contribution in [0.4, 0.5) is 5.69 Å². The summed E-state index contributed by atoms with van der Waals surface area (Å²) in [6.07, 6.45) is 1.56. The summed E-state index contributed by atoms with van der Waals surface area (Å²) in [6.45, 7) is 4.19. The van der Waals surface area contributed by atoms with Crippen molar-refractivity contribution < 1.29 is 13.2 Å². The number of amides is 1. The molecule has 0 aromatic heterocycles. The third kappa shape index (κ3) is 4.00. The van der Waals surface area contributed by atoms with Crippen molar-refractivity contribution in [3.63, 3.8) is 0 Å². The summed E-state index contributed by atoms with van der Waals surface area (Å²) in [7, 11) is -3.29. The number of carbonyl (C=O) groups excluding carboxylic acids is 1. The molecule has 0 fully saturated rings. The summed E-state index contributed by atoms with van der Waals surface area (Å²) in [5.41, 5.74) is 2.23. The van der Waals surface area contributed by atoms with Crippen molar-refractivity contribution in [2.24, 2.45) is 0 Å². The Bertz CT molecular complexity index is 949. The van der Waals surface area contributed by atoms with E-state index in [4.69, 9.17) is 11.6 Å². The molecule has 0 bridgehead atoms. The maximum absolute atomic E-state index is 13.2. The number of hydrogen-bond acceptors (Lipinski definition) is 3. The maximum Gasteiger partial charge on any atom is 0.258 e. The fraction of sp³-hybridized carbons (Fsp3) is 0.250. The molecule has 6 heteroatoms. The average molecular weight is 390 g/mol. The second-order valence-electron chi connectivity index (χ2n) is 6.66. The van der Waals surface area contributed by atoms with Gasteiger partial charge >= 0.3 is 0 Å². The molecule has 26 heavy (non-hydrogen) atoms. The van der Waals surface area contributed by atoms with Crippen molar-refractivity contribution in [3.05, 3.63) is 76.2 Å². The molecule has 1 amide bonds. The van der Waals surface area contributed by atoms with E-state index in [9.17, 15) is 13.2 Å². The zero-order valence-electron chi connectivity index (χ0n) is 14.6. The summed E-state index contributed by atoms with van der Waals surface area (Å²) < 4.78 is 23.8. The zero-order valence-corrected chi connectivity index (χ0v) is 16.2. The van der Waals surface area contributed by atoms with Gasteiger partial charge in [-0.1, -0.05) is 43.6 Å². The standard InChI is InChI=1S/C20H20ClNO3S/c1-14(2)15-6-8-18(9-7-15)22(19-10-11-26(24,25)13-19)20(23)16-4-3-5-17(21)12-16/h3-12,14,19H,13H2,1-2H3/t19-/m0/s1. The molecule has 4 nitrogen and oxygen atoms in total. The summed E-state index contributed by atoms with van der Waals surface area (Å²) in [4.78, 5) is 14.7. The van der Waals surface area contributed by atoms with Crippen molar-refractivity contribution in [1.29, 1.82) is 0 Å². The Kier molecular flexibility index (Phi) is 5.21. The first-order chi connectivity index (χ1) is 12.3. The van der Waals surface area contributed by atoms with Crippen LogP contribution < -0.4 is 4.90 Å². The molecule has 1 aliphatic rings. The minimum atomic E-state index is -3.29. The minimum absolute atomic E-state index is 0.120. The van der Waals surface area contributed by atoms with E-state index in [1.165, 1.54) is 10.3 Å². The van der Waals surface area contributed by atoms with Gasteiger partial charge in [-0.3, -0.25) is 4.79 Å². The van der Waals surface area contributed by atoms with E-state index in [0.717, 1.165) is 5.56 Å². The molecular formula is C20H20ClNO3S. The van der Waals surface area contributed by atoms with Gasteiger partial charge < -0.3 is 4.90 Å². The summed E-state index contributed by atoms with van der Waals surface area (Å²) in [6, 6.07) is 13.8. The van der Waals surface area contributed by atoms with Crippen molar-refractivity contribution in [2.75, 3.05) is 10.7 Å². The average Bonchev–Trinajstić information content (AvgIpc) is 2.95. The lowest BCUT2D eigenvalue weighted by molar-refractivity contribution is 0.0983. The molecule has 2 aromatic carbocycles. The van der Waals surface area contributed by atoms with Crippen LogP contribution in [0.25, 0.3) is 0 Å². The van der Waals surface area contributed by atoms with Gasteiger partial charge in [0.2, 0.25) is 0 Å². The predicted octanol–water partition coefficient (Wildman–Crippen LogP) is 4.42. The molecule has 0 saturated carbocycles. The number of halogens is 1. The highest BCUT2D eigenvalue weighted by Crippen LogP contribution is 2.27. The third-order valence-corrected chi connectivity index (χ3v) is 5.98. The number of carbonyl (C=O) groups is 1. The largest absolute Gasteiger partial charge is 0.300 e. The molecule has 1 heterocycles. The SMILES string of the molecule is CC(C)c1ccc(N(C(=O)c2cccc(Cl)c2)[C@H]2C=CS(=O)(=O)C2)cc1. The van der Waals surface area contributed by atoms with Crippen molar-refractivity contribution >= 4 is 33.0 Å². The Morgan fingerprint density at radius 2 is 1.85 bits per heavy atom. The molecule has 1 aliphatic heterocycles. The highest BCUT2D eigenvalue weighted by molar-refractivity contribution is 7.94. The van der Waals surface area contributed by atoms with E-state index in [1.807, 2.05) is 24.3 Å². The molecule has 0 radical (unpaired) electrons. The topological polar surface area (TPSA) is 54.5 Å². The van der Waals surface area contributed by atoms with Crippen LogP contribution in [0.1, 0.15) is 35.7 Å². The summed E-state index contributed by atoms with van der Waals surface area (Å²) in [5.74, 6) is -0.0324. The van der Waals surface area contributed by atoms with Gasteiger partial charge in [0.25, 0.3) is 5.91 Å². The van der Waals surface area contributed by atoms with E-state index in [0.29, 0.717) is 22.2 Å². The predicted molar refractivity (Wildman–Crippen MR) is 106 cm³/mol. The number of hydrogen-bond donors (Lipinski definition) is 0. The van der Waals surface area contributed by atoms with Crippen LogP contribution in [0.5, 0.6) is 0 Å². The van der Waals surface area contributed by atoms with Crippen molar-refractivity contribution in [2.45, 2.75) is 25.8 Å². The lowest BCUT2D eigenvalue weighted by Crippen LogP contribution is -2.41. The van der Waals surface area contributed by atoms with Gasteiger partial charge in [0, 0.05) is 21.7 Å². The lowest BCUT2D eigenvalue weighted by atomic mass is 10.0. The second-order valence-corrected chi connectivity index (χ2v) is 9.02. The maximum atomic E-state index is 13.2. The Labute approximate surface area is 159 Å². The van der Waals surface area contributed by atoms with Gasteiger partial charge in [0.1, 0.15) is 0 Å². The van der Waals surface area contributed by atoms with Gasteiger partial charge in [-0.2, -0.15) is 0 Å². The highest BCUT2D eigenvalue weighted by atomic mass is 35.5. The molecule has 2 aromatic rings. The third-order valence-electron chi connectivity index (χ3n) is 4.37. The lowest BCUT2D eigenvalue weighted by Gasteiger charge is -2.28. The van der Waals surface area contributed by atoms with Crippen LogP contribution in [0, 0.1) is 0 Å². The van der Waals surface area contributed by atoms with Crippen LogP contribution >= 0.6 is 11.6 Å². The first kappa shape index (κ1) is 18.7. The van der Waals surface area contributed by atoms with E-state index in [1.54, 1.807) is 30.3 Å². The Morgan fingerprint density at radius 3 is 2.38 bits per heavy atom. The van der Waals surface area contributed by atoms with E-state index < -0.39 is 15.9 Å². The van der Waals surface area contributed by atoms with E-state index in [2.05, 4.69) is 13.8 Å². The smallest absolute Gasteiger partial charge is 0.258 e. The molecule has 1 atom stereocenters. The number of benzene rings is 2. The molecule has 3 rings (SSSR count). The van der Waals surface area contributed by atoms with Crippen LogP contribution in [-0.2, 0) is 9.84 Å². The first-order valence-electron chi connectivity index (χ1n) is 8.37. The molecule has 0 unspecified atom stereocenters. The van der Waals surface area contributed by atoms with Crippen LogP contribution in [0.3, 0.4) is 0 Å². The molecule has 136 valence electrons. The fourth-order valence-corrected chi connectivity index (χ4v) is 4.42. The van der Waals surface area contributed by atoms with E-state index >= 15 is 0 Å². The van der Waals surface area contributed by atoms with Gasteiger partial charge in [-0.15, -0.1) is 0 Å². The second kappa shape index (κ2) is 7.25. The van der Waals surface area contributed by atoms with Crippen LogP contribution in [0.15, 0.2) is 60.0 Å². The number of rotatable bonds is 4. The normalized spacial score (nSPS) is 18.2. The summed E-state index contributed by atoms with van der Waals surface area (Å²) >= 11 is 6.02. The number of nitrogens with zero attached hydrogens (tertiary/aromatic N) is 1. The molecule has 0 spiro atoms. The highest BCUT2D eigenvalue weighted by Gasteiger charge is 2.32. The number of sulfone groups is 1. The summed E-state index contributed by atoms with van der Waals surface area (Å²) in [5, 5.41) is 1.64. The Balaban J connectivity index is 2.02. The minimum Gasteiger partial charge on any atom is -0.300 e. The quantitative estimate of drug-likeness (QED) is 0.777. The van der Waals surface area contributed by atoms with Crippen molar-refractivity contribution in [3.8, 4) is 0 Å². The molecular weight excluding hydrogens is 370 g/mol.